The largest absolute Gasteiger partial charge is 0.483 e. The lowest BCUT2D eigenvalue weighted by Gasteiger charge is -2.08. The molecule has 0 radical (unpaired) electrons. The highest BCUT2D eigenvalue weighted by Crippen LogP contribution is 2.29. The van der Waals surface area contributed by atoms with Crippen molar-refractivity contribution in [3.05, 3.63) is 92.9 Å². The van der Waals surface area contributed by atoms with Gasteiger partial charge in [0.2, 0.25) is 0 Å². The van der Waals surface area contributed by atoms with E-state index in [0.29, 0.717) is 10.2 Å². The molecule has 0 heterocycles. The van der Waals surface area contributed by atoms with Gasteiger partial charge in [0, 0.05) is 17.7 Å². The number of hydrogen-bond donors (Lipinski definition) is 1. The molecule has 154 valence electrons. The summed E-state index contributed by atoms with van der Waals surface area (Å²) >= 11 is 3.20. The van der Waals surface area contributed by atoms with Gasteiger partial charge >= 0.3 is 0 Å². The first kappa shape index (κ1) is 20.5. The number of rotatable bonds is 6. The van der Waals surface area contributed by atoms with Gasteiger partial charge in [-0.2, -0.15) is 5.10 Å². The Bertz CT molecular complexity index is 1280. The molecule has 0 atom stereocenters. The van der Waals surface area contributed by atoms with E-state index in [1.54, 1.807) is 6.21 Å². The Labute approximate surface area is 185 Å². The second-order valence-electron chi connectivity index (χ2n) is 6.69. The van der Waals surface area contributed by atoms with E-state index in [0.717, 1.165) is 27.1 Å². The molecule has 0 saturated heterocycles. The molecule has 4 rings (SSSR count). The molecule has 0 aliphatic carbocycles. The standard InChI is InChI=1S/C23H16BrN3O4/c24-21-12-17(27(29)30)9-10-22(21)31-14-23(28)26-25-13-20-18-7-3-1-5-15(18)11-16-6-2-4-8-19(16)20/h1-13H,14H2,(H,26,28)/b25-13-. The predicted molar refractivity (Wildman–Crippen MR) is 123 cm³/mol. The molecular weight excluding hydrogens is 462 g/mol. The number of nitrogens with zero attached hydrogens (tertiary/aromatic N) is 2. The van der Waals surface area contributed by atoms with Gasteiger partial charge in [0.15, 0.2) is 6.61 Å². The van der Waals surface area contributed by atoms with Crippen LogP contribution in [-0.4, -0.2) is 23.7 Å². The number of carbonyl (C=O) groups excluding carboxylic acids is 1. The molecule has 4 aromatic carbocycles. The van der Waals surface area contributed by atoms with Crippen LogP contribution in [0.3, 0.4) is 0 Å². The van der Waals surface area contributed by atoms with E-state index in [-0.39, 0.29) is 12.3 Å². The summed E-state index contributed by atoms with van der Waals surface area (Å²) in [5, 5.41) is 19.1. The summed E-state index contributed by atoms with van der Waals surface area (Å²) in [6, 6.07) is 22.2. The number of amides is 1. The van der Waals surface area contributed by atoms with E-state index in [1.165, 1.54) is 18.2 Å². The number of nitro groups is 1. The zero-order valence-corrected chi connectivity index (χ0v) is 17.7. The molecule has 4 aromatic rings. The number of ether oxygens (including phenoxy) is 1. The first-order valence-corrected chi connectivity index (χ1v) is 10.1. The average molecular weight is 478 g/mol. The lowest BCUT2D eigenvalue weighted by Crippen LogP contribution is -2.24. The Balaban J connectivity index is 1.48. The fourth-order valence-corrected chi connectivity index (χ4v) is 3.73. The Morgan fingerprint density at radius 2 is 1.68 bits per heavy atom. The van der Waals surface area contributed by atoms with Crippen molar-refractivity contribution in [1.82, 2.24) is 5.43 Å². The number of benzene rings is 4. The topological polar surface area (TPSA) is 93.8 Å². The number of nitro benzene ring substituents is 1. The van der Waals surface area contributed by atoms with Crippen LogP contribution < -0.4 is 10.2 Å². The molecule has 0 saturated carbocycles. The minimum Gasteiger partial charge on any atom is -0.483 e. The summed E-state index contributed by atoms with van der Waals surface area (Å²) in [5.74, 6) is -0.129. The number of non-ortho nitro benzene ring substituents is 1. The number of fused-ring (bicyclic) bond motifs is 2. The summed E-state index contributed by atoms with van der Waals surface area (Å²) in [5.41, 5.74) is 3.30. The summed E-state index contributed by atoms with van der Waals surface area (Å²) in [7, 11) is 0. The number of nitrogens with one attached hydrogen (secondary N) is 1. The monoisotopic (exact) mass is 477 g/mol. The molecule has 0 unspecified atom stereocenters. The van der Waals surface area contributed by atoms with Crippen LogP contribution in [-0.2, 0) is 4.79 Å². The Morgan fingerprint density at radius 1 is 1.03 bits per heavy atom. The van der Waals surface area contributed by atoms with Gasteiger partial charge in [-0.3, -0.25) is 14.9 Å². The third-order valence-electron chi connectivity index (χ3n) is 4.68. The molecular formula is C23H16BrN3O4. The van der Waals surface area contributed by atoms with E-state index in [4.69, 9.17) is 4.74 Å². The summed E-state index contributed by atoms with van der Waals surface area (Å²) in [6.45, 7) is -0.288. The van der Waals surface area contributed by atoms with Crippen molar-refractivity contribution in [3.63, 3.8) is 0 Å². The zero-order valence-electron chi connectivity index (χ0n) is 16.1. The number of halogens is 1. The molecule has 1 amide bonds. The summed E-state index contributed by atoms with van der Waals surface area (Å²) < 4.78 is 5.81. The normalized spacial score (nSPS) is 11.1. The van der Waals surface area contributed by atoms with Crippen molar-refractivity contribution in [2.24, 2.45) is 5.10 Å². The maximum absolute atomic E-state index is 12.1. The second-order valence-corrected chi connectivity index (χ2v) is 7.54. The van der Waals surface area contributed by atoms with E-state index in [1.807, 2.05) is 48.5 Å². The summed E-state index contributed by atoms with van der Waals surface area (Å²) in [6.07, 6.45) is 1.63. The van der Waals surface area contributed by atoms with Gasteiger partial charge in [-0.05, 0) is 49.6 Å². The van der Waals surface area contributed by atoms with Crippen LogP contribution in [0.2, 0.25) is 0 Å². The van der Waals surface area contributed by atoms with Gasteiger partial charge in [-0.1, -0.05) is 48.5 Å². The van der Waals surface area contributed by atoms with Crippen molar-refractivity contribution in [2.75, 3.05) is 6.61 Å². The van der Waals surface area contributed by atoms with Crippen LogP contribution in [0.4, 0.5) is 5.69 Å². The van der Waals surface area contributed by atoms with Gasteiger partial charge in [0.25, 0.3) is 11.6 Å². The van der Waals surface area contributed by atoms with Crippen molar-refractivity contribution in [1.29, 1.82) is 0 Å². The van der Waals surface area contributed by atoms with E-state index < -0.39 is 10.8 Å². The fourth-order valence-electron chi connectivity index (χ4n) is 3.25. The van der Waals surface area contributed by atoms with Crippen molar-refractivity contribution in [3.8, 4) is 5.75 Å². The predicted octanol–water partition coefficient (Wildman–Crippen LogP) is 5.19. The minimum atomic E-state index is -0.507. The number of hydrazone groups is 1. The van der Waals surface area contributed by atoms with Gasteiger partial charge in [0.1, 0.15) is 5.75 Å². The zero-order chi connectivity index (χ0) is 21.8. The smallest absolute Gasteiger partial charge is 0.277 e. The molecule has 0 spiro atoms. The van der Waals surface area contributed by atoms with Crippen LogP contribution in [0.1, 0.15) is 5.56 Å². The SMILES string of the molecule is O=C(COc1ccc([N+](=O)[O-])cc1Br)N/N=C\c1c2ccccc2cc2ccccc12. The quantitative estimate of drug-likeness (QED) is 0.179. The maximum atomic E-state index is 12.1. The molecule has 1 N–H and O–H groups in total. The maximum Gasteiger partial charge on any atom is 0.277 e. The van der Waals surface area contributed by atoms with Crippen LogP contribution in [0.15, 0.2) is 82.4 Å². The van der Waals surface area contributed by atoms with Gasteiger partial charge < -0.3 is 4.74 Å². The first-order valence-electron chi connectivity index (χ1n) is 9.32. The molecule has 0 aromatic heterocycles. The lowest BCUT2D eigenvalue weighted by atomic mass is 9.97. The van der Waals surface area contributed by atoms with E-state index >= 15 is 0 Å². The van der Waals surface area contributed by atoms with Crippen LogP contribution in [0, 0.1) is 10.1 Å². The number of carbonyl (C=O) groups is 1. The Morgan fingerprint density at radius 3 is 2.29 bits per heavy atom. The Hall–Kier alpha value is -3.78. The highest BCUT2D eigenvalue weighted by Gasteiger charge is 2.11. The Kier molecular flexibility index (Phi) is 5.90. The fraction of sp³-hybridized carbons (Fsp3) is 0.0435. The van der Waals surface area contributed by atoms with Crippen molar-refractivity contribution < 1.29 is 14.5 Å². The highest BCUT2D eigenvalue weighted by molar-refractivity contribution is 9.10. The first-order chi connectivity index (χ1) is 15.0. The molecule has 0 bridgehead atoms. The summed E-state index contributed by atoms with van der Waals surface area (Å²) in [4.78, 5) is 22.4. The van der Waals surface area contributed by atoms with Crippen molar-refractivity contribution in [2.45, 2.75) is 0 Å². The second kappa shape index (κ2) is 8.93. The third kappa shape index (κ3) is 4.54. The van der Waals surface area contributed by atoms with Gasteiger partial charge in [0.05, 0.1) is 15.6 Å². The molecule has 31 heavy (non-hydrogen) atoms. The molecule has 0 aliphatic heterocycles. The van der Waals surface area contributed by atoms with Crippen molar-refractivity contribution >= 4 is 55.3 Å². The molecule has 0 aliphatic rings. The number of hydrogen-bond acceptors (Lipinski definition) is 5. The van der Waals surface area contributed by atoms with E-state index in [2.05, 4.69) is 32.5 Å². The van der Waals surface area contributed by atoms with Crippen LogP contribution >= 0.6 is 15.9 Å². The molecule has 7 nitrogen and oxygen atoms in total. The lowest BCUT2D eigenvalue weighted by molar-refractivity contribution is -0.384. The van der Waals surface area contributed by atoms with Gasteiger partial charge in [-0.15, -0.1) is 0 Å². The van der Waals surface area contributed by atoms with Crippen LogP contribution in [0.25, 0.3) is 21.5 Å². The van der Waals surface area contributed by atoms with Crippen LogP contribution in [0.5, 0.6) is 5.75 Å². The molecule has 8 heteroatoms. The van der Waals surface area contributed by atoms with Gasteiger partial charge in [-0.25, -0.2) is 5.43 Å². The molecule has 0 fully saturated rings. The van der Waals surface area contributed by atoms with E-state index in [9.17, 15) is 14.9 Å². The minimum absolute atomic E-state index is 0.0735. The third-order valence-corrected chi connectivity index (χ3v) is 5.30. The highest BCUT2D eigenvalue weighted by atomic mass is 79.9. The average Bonchev–Trinajstić information content (AvgIpc) is 2.77.